The maximum Gasteiger partial charge on any atom is 0.156 e. The number of nitrogens with zero attached hydrogens (tertiary/aromatic N) is 1. The molecule has 0 aliphatic carbocycles. The highest BCUT2D eigenvalue weighted by molar-refractivity contribution is 7.98. The second kappa shape index (κ2) is 8.13. The molecule has 0 spiro atoms. The Hall–Kier alpha value is -2.63. The number of hydrogen-bond donors (Lipinski definition) is 0. The number of benzene rings is 3. The standard InChI is InChI=1S/C26H25NO2S2/c1-26(2,31(4,28)29)21-16-20-11-8-14-27-25(20)23(17-21)19-10-7-9-18(15-19)22-12-5-6-13-24(22)30-3/h5-17H,1-4H3. The smallest absolute Gasteiger partial charge is 0.156 e. The molecule has 3 nitrogen and oxygen atoms in total. The third-order valence-electron chi connectivity index (χ3n) is 5.92. The lowest BCUT2D eigenvalue weighted by atomic mass is 9.92. The van der Waals surface area contributed by atoms with E-state index >= 15 is 0 Å². The highest BCUT2D eigenvalue weighted by Gasteiger charge is 2.33. The molecule has 1 aromatic heterocycles. The first-order valence-electron chi connectivity index (χ1n) is 10.0. The molecule has 0 bridgehead atoms. The van der Waals surface area contributed by atoms with Crippen LogP contribution in [0.3, 0.4) is 0 Å². The van der Waals surface area contributed by atoms with Gasteiger partial charge in [0.2, 0.25) is 0 Å². The molecular formula is C26H25NO2S2. The fraction of sp³-hybridized carbons (Fsp3) is 0.192. The van der Waals surface area contributed by atoms with Crippen molar-refractivity contribution < 1.29 is 8.42 Å². The molecule has 4 aromatic rings. The molecule has 31 heavy (non-hydrogen) atoms. The molecule has 0 aliphatic rings. The van der Waals surface area contributed by atoms with Crippen molar-refractivity contribution in [3.8, 4) is 22.3 Å². The molecule has 0 saturated heterocycles. The van der Waals surface area contributed by atoms with E-state index < -0.39 is 14.6 Å². The van der Waals surface area contributed by atoms with Gasteiger partial charge in [0, 0.05) is 28.3 Å². The van der Waals surface area contributed by atoms with E-state index in [0.717, 1.165) is 33.2 Å². The summed E-state index contributed by atoms with van der Waals surface area (Å²) in [6, 6.07) is 24.5. The Morgan fingerprint density at radius 3 is 2.26 bits per heavy atom. The van der Waals surface area contributed by atoms with Crippen LogP contribution >= 0.6 is 11.8 Å². The summed E-state index contributed by atoms with van der Waals surface area (Å²) < 4.78 is 24.1. The summed E-state index contributed by atoms with van der Waals surface area (Å²) in [6.45, 7) is 3.52. The first-order chi connectivity index (χ1) is 14.7. The molecule has 0 radical (unpaired) electrons. The van der Waals surface area contributed by atoms with E-state index in [0.29, 0.717) is 0 Å². The van der Waals surface area contributed by atoms with Gasteiger partial charge < -0.3 is 0 Å². The molecule has 0 fully saturated rings. The van der Waals surface area contributed by atoms with Gasteiger partial charge in [-0.05, 0) is 72.7 Å². The first-order valence-corrected chi connectivity index (χ1v) is 13.2. The van der Waals surface area contributed by atoms with E-state index in [4.69, 9.17) is 0 Å². The normalized spacial score (nSPS) is 12.3. The predicted octanol–water partition coefficient (Wildman–Crippen LogP) is 6.57. The number of rotatable bonds is 5. The summed E-state index contributed by atoms with van der Waals surface area (Å²) in [7, 11) is -3.31. The van der Waals surface area contributed by atoms with Crippen LogP contribution in [0, 0.1) is 0 Å². The second-order valence-electron chi connectivity index (χ2n) is 8.16. The van der Waals surface area contributed by atoms with Gasteiger partial charge in [0.1, 0.15) is 0 Å². The lowest BCUT2D eigenvalue weighted by Gasteiger charge is -2.24. The van der Waals surface area contributed by atoms with Crippen molar-refractivity contribution in [2.45, 2.75) is 23.5 Å². The van der Waals surface area contributed by atoms with Crippen molar-refractivity contribution in [2.75, 3.05) is 12.5 Å². The molecule has 1 heterocycles. The Morgan fingerprint density at radius 2 is 1.55 bits per heavy atom. The summed E-state index contributed by atoms with van der Waals surface area (Å²) in [5.41, 5.74) is 5.89. The Morgan fingerprint density at radius 1 is 0.839 bits per heavy atom. The summed E-state index contributed by atoms with van der Waals surface area (Å²) in [5, 5.41) is 0.932. The van der Waals surface area contributed by atoms with E-state index in [9.17, 15) is 8.42 Å². The largest absolute Gasteiger partial charge is 0.256 e. The average Bonchev–Trinajstić information content (AvgIpc) is 2.77. The zero-order chi connectivity index (χ0) is 22.2. The number of fused-ring (bicyclic) bond motifs is 1. The quantitative estimate of drug-likeness (QED) is 0.325. The minimum atomic E-state index is -3.31. The third-order valence-corrected chi connectivity index (χ3v) is 8.80. The van der Waals surface area contributed by atoms with Gasteiger partial charge in [-0.3, -0.25) is 4.98 Å². The third kappa shape index (κ3) is 4.00. The molecule has 5 heteroatoms. The minimum Gasteiger partial charge on any atom is -0.256 e. The molecule has 0 N–H and O–H groups in total. The maximum atomic E-state index is 12.5. The molecule has 0 saturated carbocycles. The zero-order valence-electron chi connectivity index (χ0n) is 18.1. The van der Waals surface area contributed by atoms with Crippen molar-refractivity contribution in [3.63, 3.8) is 0 Å². The van der Waals surface area contributed by atoms with Gasteiger partial charge in [-0.1, -0.05) is 42.5 Å². The fourth-order valence-electron chi connectivity index (χ4n) is 3.71. The molecule has 0 amide bonds. The van der Waals surface area contributed by atoms with Gasteiger partial charge in [0.25, 0.3) is 0 Å². The van der Waals surface area contributed by atoms with Crippen molar-refractivity contribution >= 4 is 32.5 Å². The topological polar surface area (TPSA) is 47.0 Å². The Labute approximate surface area is 188 Å². The highest BCUT2D eigenvalue weighted by atomic mass is 32.2. The van der Waals surface area contributed by atoms with Gasteiger partial charge >= 0.3 is 0 Å². The van der Waals surface area contributed by atoms with Crippen LogP contribution in [0.5, 0.6) is 0 Å². The maximum absolute atomic E-state index is 12.5. The first kappa shape index (κ1) is 21.6. The number of thioether (sulfide) groups is 1. The lowest BCUT2D eigenvalue weighted by molar-refractivity contribution is 0.561. The summed E-state index contributed by atoms with van der Waals surface area (Å²) in [5.74, 6) is 0. The summed E-state index contributed by atoms with van der Waals surface area (Å²) in [6.07, 6.45) is 5.15. The van der Waals surface area contributed by atoms with E-state index in [2.05, 4.69) is 41.6 Å². The number of hydrogen-bond acceptors (Lipinski definition) is 4. The molecular weight excluding hydrogens is 422 g/mol. The SMILES string of the molecule is CSc1ccccc1-c1cccc(-c2cc(C(C)(C)S(C)(=O)=O)cc3cccnc23)c1. The molecule has 158 valence electrons. The van der Waals surface area contributed by atoms with Crippen LogP contribution in [-0.2, 0) is 14.6 Å². The van der Waals surface area contributed by atoms with E-state index in [1.807, 2.05) is 42.5 Å². The molecule has 0 aliphatic heterocycles. The van der Waals surface area contributed by atoms with Crippen molar-refractivity contribution in [1.82, 2.24) is 4.98 Å². The van der Waals surface area contributed by atoms with Crippen LogP contribution in [-0.4, -0.2) is 25.9 Å². The van der Waals surface area contributed by atoms with Crippen LogP contribution < -0.4 is 0 Å². The molecule has 0 atom stereocenters. The van der Waals surface area contributed by atoms with E-state index in [1.165, 1.54) is 16.7 Å². The van der Waals surface area contributed by atoms with Crippen molar-refractivity contribution in [2.24, 2.45) is 0 Å². The fourth-order valence-corrected chi connectivity index (χ4v) is 4.88. The van der Waals surface area contributed by atoms with Gasteiger partial charge in [0.15, 0.2) is 9.84 Å². The Kier molecular flexibility index (Phi) is 5.67. The number of pyridine rings is 1. The molecule has 0 unspecified atom stereocenters. The number of sulfone groups is 1. The average molecular weight is 448 g/mol. The minimum absolute atomic E-state index is 0.764. The van der Waals surface area contributed by atoms with Gasteiger partial charge in [0.05, 0.1) is 10.3 Å². The van der Waals surface area contributed by atoms with Crippen molar-refractivity contribution in [1.29, 1.82) is 0 Å². The van der Waals surface area contributed by atoms with Crippen LogP contribution in [0.4, 0.5) is 0 Å². The van der Waals surface area contributed by atoms with Gasteiger partial charge in [-0.2, -0.15) is 0 Å². The summed E-state index contributed by atoms with van der Waals surface area (Å²) in [4.78, 5) is 5.84. The van der Waals surface area contributed by atoms with Crippen LogP contribution in [0.1, 0.15) is 19.4 Å². The number of aromatic nitrogens is 1. The molecule has 3 aromatic carbocycles. The van der Waals surface area contributed by atoms with E-state index in [1.54, 1.807) is 31.8 Å². The van der Waals surface area contributed by atoms with Gasteiger partial charge in [-0.25, -0.2) is 8.42 Å². The highest BCUT2D eigenvalue weighted by Crippen LogP contribution is 2.38. The Balaban J connectivity index is 1.97. The zero-order valence-corrected chi connectivity index (χ0v) is 19.7. The monoisotopic (exact) mass is 447 g/mol. The lowest BCUT2D eigenvalue weighted by Crippen LogP contribution is -2.28. The van der Waals surface area contributed by atoms with Crippen LogP contribution in [0.25, 0.3) is 33.2 Å². The molecule has 4 rings (SSSR count). The van der Waals surface area contributed by atoms with Crippen LogP contribution in [0.15, 0.2) is 83.9 Å². The summed E-state index contributed by atoms with van der Waals surface area (Å²) >= 11 is 1.72. The predicted molar refractivity (Wildman–Crippen MR) is 132 cm³/mol. The van der Waals surface area contributed by atoms with Crippen LogP contribution in [0.2, 0.25) is 0 Å². The Bertz CT molecular complexity index is 1380. The van der Waals surface area contributed by atoms with E-state index in [-0.39, 0.29) is 0 Å². The second-order valence-corrected chi connectivity index (χ2v) is 11.6. The van der Waals surface area contributed by atoms with Crippen molar-refractivity contribution in [3.05, 3.63) is 84.6 Å². The van der Waals surface area contributed by atoms with Gasteiger partial charge in [-0.15, -0.1) is 11.8 Å².